The monoisotopic (exact) mass is 264 g/mol. The summed E-state index contributed by atoms with van der Waals surface area (Å²) in [6, 6.07) is 9.65. The highest BCUT2D eigenvalue weighted by atomic mass is 35.5. The van der Waals surface area contributed by atoms with E-state index >= 15 is 0 Å². The predicted octanol–water partition coefficient (Wildman–Crippen LogP) is 3.42. The molecule has 18 heavy (non-hydrogen) atoms. The quantitative estimate of drug-likeness (QED) is 0.817. The minimum Gasteiger partial charge on any atom is -0.399 e. The topological polar surface area (TPSA) is 52.0 Å². The summed E-state index contributed by atoms with van der Waals surface area (Å²) in [6.07, 6.45) is 0. The second-order valence-corrected chi connectivity index (χ2v) is 4.67. The summed E-state index contributed by atoms with van der Waals surface area (Å²) in [7, 11) is 0. The number of nitrogens with two attached hydrogens (primary N) is 2. The number of hydrogen-bond donors (Lipinski definition) is 2. The van der Waals surface area contributed by atoms with Crippen molar-refractivity contribution in [1.29, 1.82) is 0 Å². The van der Waals surface area contributed by atoms with E-state index in [0.717, 1.165) is 5.56 Å². The van der Waals surface area contributed by atoms with E-state index < -0.39 is 6.04 Å². The van der Waals surface area contributed by atoms with E-state index in [0.29, 0.717) is 21.8 Å². The lowest BCUT2D eigenvalue weighted by Crippen LogP contribution is -2.13. The zero-order valence-corrected chi connectivity index (χ0v) is 10.7. The average Bonchev–Trinajstić information content (AvgIpc) is 2.34. The van der Waals surface area contributed by atoms with E-state index in [4.69, 9.17) is 23.1 Å². The van der Waals surface area contributed by atoms with E-state index in [1.165, 1.54) is 6.07 Å². The van der Waals surface area contributed by atoms with Crippen LogP contribution in [0, 0.1) is 12.7 Å². The summed E-state index contributed by atoms with van der Waals surface area (Å²) in [4.78, 5) is 0. The molecule has 0 saturated heterocycles. The maximum atomic E-state index is 13.6. The average molecular weight is 265 g/mol. The Morgan fingerprint density at radius 2 is 1.78 bits per heavy atom. The van der Waals surface area contributed by atoms with E-state index in [1.807, 2.05) is 12.1 Å². The van der Waals surface area contributed by atoms with Gasteiger partial charge in [-0.25, -0.2) is 4.39 Å². The molecule has 0 bridgehead atoms. The van der Waals surface area contributed by atoms with Gasteiger partial charge in [-0.3, -0.25) is 0 Å². The van der Waals surface area contributed by atoms with Crippen molar-refractivity contribution in [3.05, 3.63) is 63.9 Å². The van der Waals surface area contributed by atoms with Crippen molar-refractivity contribution < 1.29 is 4.39 Å². The van der Waals surface area contributed by atoms with Crippen molar-refractivity contribution in [2.45, 2.75) is 13.0 Å². The van der Waals surface area contributed by atoms with E-state index in [2.05, 4.69) is 0 Å². The molecule has 1 unspecified atom stereocenters. The highest BCUT2D eigenvalue weighted by Crippen LogP contribution is 2.29. The third-order valence-electron chi connectivity index (χ3n) is 2.91. The first-order chi connectivity index (χ1) is 8.49. The molecule has 0 aromatic heterocycles. The maximum Gasteiger partial charge on any atom is 0.126 e. The summed E-state index contributed by atoms with van der Waals surface area (Å²) < 4.78 is 13.6. The number of halogens is 2. The van der Waals surface area contributed by atoms with E-state index in [-0.39, 0.29) is 5.82 Å². The molecule has 0 amide bonds. The Morgan fingerprint density at radius 1 is 1.17 bits per heavy atom. The van der Waals surface area contributed by atoms with Crippen LogP contribution >= 0.6 is 11.6 Å². The molecule has 0 aliphatic rings. The van der Waals surface area contributed by atoms with Gasteiger partial charge in [0.15, 0.2) is 0 Å². The summed E-state index contributed by atoms with van der Waals surface area (Å²) >= 11 is 6.11. The Labute approximate surface area is 110 Å². The van der Waals surface area contributed by atoms with Crippen molar-refractivity contribution in [3.8, 4) is 0 Å². The highest BCUT2D eigenvalue weighted by molar-refractivity contribution is 6.31. The Bertz CT molecular complexity index is 567. The van der Waals surface area contributed by atoms with Crippen LogP contribution in [0.4, 0.5) is 10.1 Å². The molecular weight excluding hydrogens is 251 g/mol. The molecule has 2 nitrogen and oxygen atoms in total. The first-order valence-corrected chi connectivity index (χ1v) is 5.93. The summed E-state index contributed by atoms with van der Waals surface area (Å²) in [5.74, 6) is -0.305. The lowest BCUT2D eigenvalue weighted by atomic mass is 9.98. The molecule has 2 aromatic rings. The minimum atomic E-state index is -0.465. The molecule has 0 aliphatic heterocycles. The molecule has 0 fully saturated rings. The molecule has 4 heteroatoms. The van der Waals surface area contributed by atoms with Gasteiger partial charge in [-0.15, -0.1) is 0 Å². The van der Waals surface area contributed by atoms with Gasteiger partial charge in [-0.1, -0.05) is 23.7 Å². The lowest BCUT2D eigenvalue weighted by Gasteiger charge is -2.15. The molecule has 94 valence electrons. The zero-order chi connectivity index (χ0) is 13.3. The number of aryl methyl sites for hydroxylation is 1. The van der Waals surface area contributed by atoms with Crippen LogP contribution in [0.3, 0.4) is 0 Å². The standard InChI is InChI=1S/C14H14ClFN2/c1-8-6-12(15)11(7-13(8)16)14(18)9-2-4-10(17)5-3-9/h2-7,14H,17-18H2,1H3. The maximum absolute atomic E-state index is 13.6. The van der Waals surface area contributed by atoms with Crippen molar-refractivity contribution >= 4 is 17.3 Å². The lowest BCUT2D eigenvalue weighted by molar-refractivity contribution is 0.614. The largest absolute Gasteiger partial charge is 0.399 e. The Kier molecular flexibility index (Phi) is 3.55. The smallest absolute Gasteiger partial charge is 0.126 e. The molecule has 0 heterocycles. The van der Waals surface area contributed by atoms with Crippen LogP contribution in [0.1, 0.15) is 22.7 Å². The molecule has 1 atom stereocenters. The van der Waals surface area contributed by atoms with Crippen LogP contribution in [0.2, 0.25) is 5.02 Å². The highest BCUT2D eigenvalue weighted by Gasteiger charge is 2.14. The first kappa shape index (κ1) is 12.9. The van der Waals surface area contributed by atoms with E-state index in [1.54, 1.807) is 25.1 Å². The first-order valence-electron chi connectivity index (χ1n) is 5.55. The molecule has 2 rings (SSSR count). The molecule has 0 spiro atoms. The second-order valence-electron chi connectivity index (χ2n) is 4.27. The fourth-order valence-corrected chi connectivity index (χ4v) is 2.12. The van der Waals surface area contributed by atoms with E-state index in [9.17, 15) is 4.39 Å². The van der Waals surface area contributed by atoms with Gasteiger partial charge in [0.25, 0.3) is 0 Å². The zero-order valence-electron chi connectivity index (χ0n) is 9.95. The molecule has 0 radical (unpaired) electrons. The van der Waals surface area contributed by atoms with Crippen LogP contribution in [-0.2, 0) is 0 Å². The van der Waals surface area contributed by atoms with Gasteiger partial charge in [-0.05, 0) is 47.9 Å². The van der Waals surface area contributed by atoms with Crippen LogP contribution in [0.15, 0.2) is 36.4 Å². The molecule has 4 N–H and O–H groups in total. The molecule has 2 aromatic carbocycles. The van der Waals surface area contributed by atoms with Crippen molar-refractivity contribution in [3.63, 3.8) is 0 Å². The van der Waals surface area contributed by atoms with Crippen LogP contribution in [0.5, 0.6) is 0 Å². The van der Waals surface area contributed by atoms with Gasteiger partial charge in [-0.2, -0.15) is 0 Å². The number of anilines is 1. The fraction of sp³-hybridized carbons (Fsp3) is 0.143. The third kappa shape index (κ3) is 2.47. The second kappa shape index (κ2) is 4.96. The Hall–Kier alpha value is -1.58. The molecule has 0 saturated carbocycles. The van der Waals surface area contributed by atoms with Gasteiger partial charge in [0.05, 0.1) is 6.04 Å². The molecular formula is C14H14ClFN2. The summed E-state index contributed by atoms with van der Waals surface area (Å²) in [5.41, 5.74) is 14.3. The number of nitrogen functional groups attached to an aromatic ring is 1. The Balaban J connectivity index is 2.42. The SMILES string of the molecule is Cc1cc(Cl)c(C(N)c2ccc(N)cc2)cc1F. The number of hydrogen-bond acceptors (Lipinski definition) is 2. The minimum absolute atomic E-state index is 0.305. The van der Waals surface area contributed by atoms with Crippen molar-refractivity contribution in [2.75, 3.05) is 5.73 Å². The van der Waals surface area contributed by atoms with Gasteiger partial charge < -0.3 is 11.5 Å². The van der Waals surface area contributed by atoms with Crippen LogP contribution in [0.25, 0.3) is 0 Å². The predicted molar refractivity (Wildman–Crippen MR) is 73.0 cm³/mol. The van der Waals surface area contributed by atoms with Gasteiger partial charge >= 0.3 is 0 Å². The fourth-order valence-electron chi connectivity index (χ4n) is 1.78. The van der Waals surface area contributed by atoms with Gasteiger partial charge in [0, 0.05) is 10.7 Å². The van der Waals surface area contributed by atoms with Gasteiger partial charge in [0.2, 0.25) is 0 Å². The van der Waals surface area contributed by atoms with Crippen LogP contribution < -0.4 is 11.5 Å². The Morgan fingerprint density at radius 3 is 2.39 bits per heavy atom. The summed E-state index contributed by atoms with van der Waals surface area (Å²) in [5, 5.41) is 0.471. The van der Waals surface area contributed by atoms with Crippen molar-refractivity contribution in [2.24, 2.45) is 5.73 Å². The van der Waals surface area contributed by atoms with Crippen molar-refractivity contribution in [1.82, 2.24) is 0 Å². The van der Waals surface area contributed by atoms with Gasteiger partial charge in [0.1, 0.15) is 5.82 Å². The normalized spacial score (nSPS) is 12.4. The number of benzene rings is 2. The number of rotatable bonds is 2. The summed E-state index contributed by atoms with van der Waals surface area (Å²) in [6.45, 7) is 1.67. The van der Waals surface area contributed by atoms with Crippen LogP contribution in [-0.4, -0.2) is 0 Å². The molecule has 0 aliphatic carbocycles. The third-order valence-corrected chi connectivity index (χ3v) is 3.24.